The van der Waals surface area contributed by atoms with Crippen molar-refractivity contribution in [1.82, 2.24) is 5.32 Å². The lowest BCUT2D eigenvalue weighted by Gasteiger charge is -2.19. The molecule has 0 saturated carbocycles. The molecule has 1 atom stereocenters. The number of hydrogen-bond donors (Lipinski definition) is 1. The van der Waals surface area contributed by atoms with E-state index in [1.807, 2.05) is 6.07 Å². The topological polar surface area (TPSA) is 35.8 Å². The molecule has 0 unspecified atom stereocenters. The second-order valence-corrected chi connectivity index (χ2v) is 3.66. The van der Waals surface area contributed by atoms with Crippen LogP contribution in [0.2, 0.25) is 0 Å². The summed E-state index contributed by atoms with van der Waals surface area (Å²) in [6.07, 6.45) is -3.64. The van der Waals surface area contributed by atoms with Gasteiger partial charge in [-0.15, -0.1) is 0 Å². The second-order valence-electron chi connectivity index (χ2n) is 3.66. The van der Waals surface area contributed by atoms with Gasteiger partial charge in [0.25, 0.3) is 0 Å². The Hall–Kier alpha value is -1.54. The summed E-state index contributed by atoms with van der Waals surface area (Å²) in [4.78, 5) is 0. The van der Waals surface area contributed by atoms with Gasteiger partial charge < -0.3 is 5.32 Å². The molecule has 1 aromatic rings. The number of benzene rings is 1. The van der Waals surface area contributed by atoms with Gasteiger partial charge in [-0.2, -0.15) is 18.4 Å². The fourth-order valence-corrected chi connectivity index (χ4v) is 1.52. The van der Waals surface area contributed by atoms with Crippen LogP contribution < -0.4 is 5.32 Å². The molecule has 0 bridgehead atoms. The minimum atomic E-state index is -4.24. The molecule has 0 radical (unpaired) electrons. The van der Waals surface area contributed by atoms with Gasteiger partial charge in [0.15, 0.2) is 0 Å². The summed E-state index contributed by atoms with van der Waals surface area (Å²) >= 11 is 0. The quantitative estimate of drug-likeness (QED) is 0.860. The van der Waals surface area contributed by atoms with Gasteiger partial charge in [0, 0.05) is 12.5 Å². The first kappa shape index (κ1) is 13.5. The van der Waals surface area contributed by atoms with Crippen LogP contribution in [-0.4, -0.2) is 12.7 Å². The molecule has 1 aromatic carbocycles. The van der Waals surface area contributed by atoms with Crippen molar-refractivity contribution in [2.45, 2.75) is 25.1 Å². The molecule has 0 amide bonds. The highest BCUT2D eigenvalue weighted by molar-refractivity contribution is 5.19. The molecule has 0 aromatic heterocycles. The van der Waals surface area contributed by atoms with Crippen molar-refractivity contribution < 1.29 is 13.2 Å². The van der Waals surface area contributed by atoms with E-state index in [2.05, 4.69) is 5.32 Å². The Balaban J connectivity index is 2.65. The van der Waals surface area contributed by atoms with Gasteiger partial charge in [0.1, 0.15) is 0 Å². The number of alkyl halides is 3. The minimum Gasteiger partial charge on any atom is -0.302 e. The molecular formula is C12H13F3N2. The second kappa shape index (κ2) is 6.26. The molecular weight excluding hydrogens is 229 g/mol. The van der Waals surface area contributed by atoms with Gasteiger partial charge in [-0.05, 0) is 12.0 Å². The molecule has 0 fully saturated rings. The summed E-state index contributed by atoms with van der Waals surface area (Å²) in [6, 6.07) is 10.4. The third kappa shape index (κ3) is 5.36. The van der Waals surface area contributed by atoms with Gasteiger partial charge in [-0.3, -0.25) is 0 Å². The highest BCUT2D eigenvalue weighted by Gasteiger charge is 2.28. The zero-order valence-corrected chi connectivity index (χ0v) is 9.17. The van der Waals surface area contributed by atoms with Gasteiger partial charge in [0.2, 0.25) is 0 Å². The molecule has 0 aliphatic carbocycles. The van der Waals surface area contributed by atoms with Crippen LogP contribution >= 0.6 is 0 Å². The first-order chi connectivity index (χ1) is 8.03. The van der Waals surface area contributed by atoms with Crippen LogP contribution in [0.5, 0.6) is 0 Å². The minimum absolute atomic E-state index is 0.227. The molecule has 1 N–H and O–H groups in total. The maximum Gasteiger partial charge on any atom is 0.401 e. The lowest BCUT2D eigenvalue weighted by atomic mass is 10.0. The van der Waals surface area contributed by atoms with E-state index >= 15 is 0 Å². The van der Waals surface area contributed by atoms with Crippen molar-refractivity contribution in [2.75, 3.05) is 6.54 Å². The molecule has 5 heteroatoms. The van der Waals surface area contributed by atoms with Crippen LogP contribution in [-0.2, 0) is 0 Å². The average molecular weight is 242 g/mol. The standard InChI is InChI=1S/C12H13F3N2/c13-12(14,15)9-17-11(7-4-8-16)10-5-2-1-3-6-10/h1-3,5-6,11,17H,4,7,9H2/t11-/m1/s1. The third-order valence-electron chi connectivity index (χ3n) is 2.30. The number of hydrogen-bond acceptors (Lipinski definition) is 2. The molecule has 0 aliphatic rings. The lowest BCUT2D eigenvalue weighted by Crippen LogP contribution is -2.32. The van der Waals surface area contributed by atoms with Crippen LogP contribution in [0.1, 0.15) is 24.4 Å². The SMILES string of the molecule is N#CCC[C@@H](NCC(F)(F)F)c1ccccc1. The molecule has 0 aliphatic heterocycles. The largest absolute Gasteiger partial charge is 0.401 e. The fraction of sp³-hybridized carbons (Fsp3) is 0.417. The average Bonchev–Trinajstić information content (AvgIpc) is 2.29. The van der Waals surface area contributed by atoms with Crippen LogP contribution in [0, 0.1) is 11.3 Å². The van der Waals surface area contributed by atoms with Crippen LogP contribution in [0.3, 0.4) is 0 Å². The van der Waals surface area contributed by atoms with Crippen molar-refractivity contribution in [3.05, 3.63) is 35.9 Å². The first-order valence-corrected chi connectivity index (χ1v) is 5.25. The van der Waals surface area contributed by atoms with E-state index in [1.165, 1.54) is 0 Å². The fourth-order valence-electron chi connectivity index (χ4n) is 1.52. The van der Waals surface area contributed by atoms with E-state index in [1.54, 1.807) is 30.3 Å². The van der Waals surface area contributed by atoms with Crippen molar-refractivity contribution in [2.24, 2.45) is 0 Å². The molecule has 17 heavy (non-hydrogen) atoms. The first-order valence-electron chi connectivity index (χ1n) is 5.25. The summed E-state index contributed by atoms with van der Waals surface area (Å²) in [6.45, 7) is -1.04. The predicted octanol–water partition coefficient (Wildman–Crippen LogP) is 3.18. The third-order valence-corrected chi connectivity index (χ3v) is 2.30. The Morgan fingerprint density at radius 2 is 1.88 bits per heavy atom. The van der Waals surface area contributed by atoms with Crippen molar-refractivity contribution in [3.8, 4) is 6.07 Å². The van der Waals surface area contributed by atoms with Crippen molar-refractivity contribution >= 4 is 0 Å². The highest BCUT2D eigenvalue weighted by Crippen LogP contribution is 2.20. The number of halogens is 3. The Morgan fingerprint density at radius 3 is 2.41 bits per heavy atom. The summed E-state index contributed by atoms with van der Waals surface area (Å²) in [5.74, 6) is 0. The van der Waals surface area contributed by atoms with Crippen LogP contribution in [0.25, 0.3) is 0 Å². The number of nitrogens with one attached hydrogen (secondary N) is 1. The summed E-state index contributed by atoms with van der Waals surface area (Å²) in [7, 11) is 0. The Bertz CT molecular complexity index is 368. The van der Waals surface area contributed by atoms with E-state index in [-0.39, 0.29) is 6.42 Å². The van der Waals surface area contributed by atoms with Gasteiger partial charge in [-0.25, -0.2) is 0 Å². The van der Waals surface area contributed by atoms with E-state index in [0.29, 0.717) is 6.42 Å². The smallest absolute Gasteiger partial charge is 0.302 e. The molecule has 0 spiro atoms. The van der Waals surface area contributed by atoms with E-state index < -0.39 is 18.8 Å². The maximum atomic E-state index is 12.1. The van der Waals surface area contributed by atoms with Crippen LogP contribution in [0.4, 0.5) is 13.2 Å². The highest BCUT2D eigenvalue weighted by atomic mass is 19.4. The van der Waals surface area contributed by atoms with Crippen molar-refractivity contribution in [3.63, 3.8) is 0 Å². The number of nitrogens with zero attached hydrogens (tertiary/aromatic N) is 1. The van der Waals surface area contributed by atoms with Gasteiger partial charge in [0.05, 0.1) is 12.6 Å². The predicted molar refractivity (Wildman–Crippen MR) is 58.1 cm³/mol. The van der Waals surface area contributed by atoms with E-state index in [0.717, 1.165) is 5.56 Å². The van der Waals surface area contributed by atoms with Gasteiger partial charge in [-0.1, -0.05) is 30.3 Å². The zero-order chi connectivity index (χ0) is 12.7. The van der Waals surface area contributed by atoms with Crippen molar-refractivity contribution in [1.29, 1.82) is 5.26 Å². The molecule has 0 heterocycles. The number of rotatable bonds is 5. The van der Waals surface area contributed by atoms with Gasteiger partial charge >= 0.3 is 6.18 Å². The van der Waals surface area contributed by atoms with E-state index in [9.17, 15) is 13.2 Å². The normalized spacial score (nSPS) is 13.1. The zero-order valence-electron chi connectivity index (χ0n) is 9.17. The molecule has 0 saturated heterocycles. The van der Waals surface area contributed by atoms with Crippen LogP contribution in [0.15, 0.2) is 30.3 Å². The lowest BCUT2D eigenvalue weighted by molar-refractivity contribution is -0.126. The molecule has 1 rings (SSSR count). The monoisotopic (exact) mass is 242 g/mol. The summed E-state index contributed by atoms with van der Waals surface area (Å²) in [5, 5.41) is 10.9. The summed E-state index contributed by atoms with van der Waals surface area (Å²) < 4.78 is 36.4. The number of nitriles is 1. The van der Waals surface area contributed by atoms with E-state index in [4.69, 9.17) is 5.26 Å². The summed E-state index contributed by atoms with van der Waals surface area (Å²) in [5.41, 5.74) is 0.770. The molecule has 2 nitrogen and oxygen atoms in total. The Kier molecular flexibility index (Phi) is 4.98. The Morgan fingerprint density at radius 1 is 1.24 bits per heavy atom. The maximum absolute atomic E-state index is 12.1. The molecule has 92 valence electrons. The Labute approximate surface area is 98.1 Å².